The first-order chi connectivity index (χ1) is 14.0. The Labute approximate surface area is 174 Å². The van der Waals surface area contributed by atoms with E-state index in [2.05, 4.69) is 10.6 Å². The first kappa shape index (κ1) is 20.9. The average Bonchev–Trinajstić information content (AvgIpc) is 3.40. The fourth-order valence-electron chi connectivity index (χ4n) is 3.38. The summed E-state index contributed by atoms with van der Waals surface area (Å²) in [6.07, 6.45) is 1.41. The molecule has 8 heteroatoms. The predicted molar refractivity (Wildman–Crippen MR) is 112 cm³/mol. The number of thiophene rings is 1. The van der Waals surface area contributed by atoms with Gasteiger partial charge in [0.2, 0.25) is 11.8 Å². The lowest BCUT2D eigenvalue weighted by molar-refractivity contribution is -0.137. The van der Waals surface area contributed by atoms with Crippen molar-refractivity contribution in [3.8, 4) is 16.2 Å². The number of likely N-dealkylation sites (N-methyl/N-ethyl adjacent to an activating group) is 1. The topological polar surface area (TPSA) is 87.7 Å². The summed E-state index contributed by atoms with van der Waals surface area (Å²) in [7, 11) is 1.56. The molecule has 1 aliphatic heterocycles. The second-order valence-corrected chi connectivity index (χ2v) is 7.70. The summed E-state index contributed by atoms with van der Waals surface area (Å²) in [4.78, 5) is 40.1. The Morgan fingerprint density at radius 2 is 2.00 bits per heavy atom. The van der Waals surface area contributed by atoms with Crippen LogP contribution in [0.2, 0.25) is 0 Å². The molecular formula is C21H25N3O4S. The van der Waals surface area contributed by atoms with E-state index in [0.717, 1.165) is 16.9 Å². The van der Waals surface area contributed by atoms with Crippen LogP contribution in [0.4, 0.5) is 0 Å². The maximum absolute atomic E-state index is 12.7. The van der Waals surface area contributed by atoms with Crippen LogP contribution in [-0.2, 0) is 9.59 Å². The second kappa shape index (κ2) is 9.56. The molecule has 1 unspecified atom stereocenters. The van der Waals surface area contributed by atoms with Crippen LogP contribution in [0.5, 0.6) is 5.75 Å². The van der Waals surface area contributed by atoms with Gasteiger partial charge in [-0.15, -0.1) is 11.3 Å². The largest absolute Gasteiger partial charge is 0.492 e. The van der Waals surface area contributed by atoms with Crippen molar-refractivity contribution in [3.05, 3.63) is 41.3 Å². The van der Waals surface area contributed by atoms with E-state index in [1.54, 1.807) is 7.05 Å². The molecule has 2 heterocycles. The summed E-state index contributed by atoms with van der Waals surface area (Å²) < 4.78 is 5.63. The van der Waals surface area contributed by atoms with Gasteiger partial charge in [-0.25, -0.2) is 0 Å². The third-order valence-electron chi connectivity index (χ3n) is 4.78. The van der Waals surface area contributed by atoms with Crippen molar-refractivity contribution in [2.45, 2.75) is 25.8 Å². The minimum absolute atomic E-state index is 0.156. The van der Waals surface area contributed by atoms with Crippen LogP contribution < -0.4 is 15.4 Å². The van der Waals surface area contributed by atoms with Crippen molar-refractivity contribution in [1.29, 1.82) is 0 Å². The average molecular weight is 416 g/mol. The lowest BCUT2D eigenvalue weighted by atomic mass is 10.2. The number of benzene rings is 1. The molecule has 0 spiro atoms. The molecule has 0 bridgehead atoms. The lowest BCUT2D eigenvalue weighted by Gasteiger charge is -2.23. The van der Waals surface area contributed by atoms with Crippen LogP contribution in [0, 0.1) is 0 Å². The molecule has 1 saturated heterocycles. The van der Waals surface area contributed by atoms with Crippen molar-refractivity contribution in [3.63, 3.8) is 0 Å². The van der Waals surface area contributed by atoms with Gasteiger partial charge in [0.1, 0.15) is 16.7 Å². The number of ether oxygens (including phenoxy) is 1. The van der Waals surface area contributed by atoms with Crippen LogP contribution >= 0.6 is 11.3 Å². The zero-order valence-corrected chi connectivity index (χ0v) is 17.4. The monoisotopic (exact) mass is 415 g/mol. The third-order valence-corrected chi connectivity index (χ3v) is 5.95. The number of carbonyl (C=O) groups excluding carboxylic acids is 3. The van der Waals surface area contributed by atoms with E-state index in [1.165, 1.54) is 16.2 Å². The Balaban J connectivity index is 1.69. The predicted octanol–water partition coefficient (Wildman–Crippen LogP) is 2.28. The molecule has 1 fully saturated rings. The number of nitrogens with one attached hydrogen (secondary N) is 2. The molecule has 154 valence electrons. The highest BCUT2D eigenvalue weighted by Gasteiger charge is 2.33. The number of nitrogens with zero attached hydrogens (tertiary/aromatic N) is 1. The van der Waals surface area contributed by atoms with Gasteiger partial charge >= 0.3 is 0 Å². The van der Waals surface area contributed by atoms with E-state index < -0.39 is 6.04 Å². The van der Waals surface area contributed by atoms with Gasteiger partial charge in [0, 0.05) is 18.5 Å². The number of hydrogen-bond acceptors (Lipinski definition) is 5. The normalized spacial score (nSPS) is 15.8. The Morgan fingerprint density at radius 1 is 1.24 bits per heavy atom. The van der Waals surface area contributed by atoms with Crippen molar-refractivity contribution in [2.75, 3.05) is 26.7 Å². The van der Waals surface area contributed by atoms with E-state index in [-0.39, 0.29) is 24.3 Å². The molecule has 3 amide bonds. The molecule has 3 rings (SSSR count). The fourth-order valence-corrected chi connectivity index (χ4v) is 4.41. The first-order valence-corrected chi connectivity index (χ1v) is 10.5. The molecule has 7 nitrogen and oxygen atoms in total. The molecule has 1 aliphatic rings. The zero-order valence-electron chi connectivity index (χ0n) is 16.6. The summed E-state index contributed by atoms with van der Waals surface area (Å²) in [6, 6.07) is 11.1. The first-order valence-electron chi connectivity index (χ1n) is 9.66. The van der Waals surface area contributed by atoms with Crippen LogP contribution in [0.15, 0.2) is 36.4 Å². The summed E-state index contributed by atoms with van der Waals surface area (Å²) in [5, 5.41) is 5.27. The number of hydrogen-bond donors (Lipinski definition) is 2. The molecule has 2 N–H and O–H groups in total. The van der Waals surface area contributed by atoms with Crippen LogP contribution in [0.1, 0.15) is 29.4 Å². The Bertz CT molecular complexity index is 881. The number of rotatable bonds is 7. The van der Waals surface area contributed by atoms with Crippen LogP contribution in [0.25, 0.3) is 10.4 Å². The number of amides is 3. The quantitative estimate of drug-likeness (QED) is 0.726. The van der Waals surface area contributed by atoms with Crippen LogP contribution in [-0.4, -0.2) is 55.4 Å². The van der Waals surface area contributed by atoms with Gasteiger partial charge in [-0.3, -0.25) is 14.4 Å². The lowest BCUT2D eigenvalue weighted by Crippen LogP contribution is -2.48. The third kappa shape index (κ3) is 4.76. The second-order valence-electron chi connectivity index (χ2n) is 6.65. The van der Waals surface area contributed by atoms with E-state index in [4.69, 9.17) is 4.74 Å². The summed E-state index contributed by atoms with van der Waals surface area (Å²) in [5.74, 6) is -0.288. The van der Waals surface area contributed by atoms with Crippen molar-refractivity contribution in [2.24, 2.45) is 0 Å². The summed E-state index contributed by atoms with van der Waals surface area (Å²) >= 11 is 1.33. The highest BCUT2D eigenvalue weighted by Crippen LogP contribution is 2.36. The maximum atomic E-state index is 12.7. The SMILES string of the molecule is CCOc1cc(-c2ccccc2)sc1C(=O)NCC(=O)N1CCCC1C(=O)NC. The maximum Gasteiger partial charge on any atom is 0.265 e. The molecule has 29 heavy (non-hydrogen) atoms. The van der Waals surface area contributed by atoms with E-state index in [9.17, 15) is 14.4 Å². The Morgan fingerprint density at radius 3 is 2.69 bits per heavy atom. The Kier molecular flexibility index (Phi) is 6.87. The van der Waals surface area contributed by atoms with Gasteiger partial charge in [0.25, 0.3) is 5.91 Å². The molecule has 1 aromatic heterocycles. The molecule has 0 radical (unpaired) electrons. The zero-order chi connectivity index (χ0) is 20.8. The minimum atomic E-state index is -0.463. The van der Waals surface area contributed by atoms with Crippen molar-refractivity contribution in [1.82, 2.24) is 15.5 Å². The van der Waals surface area contributed by atoms with E-state index >= 15 is 0 Å². The van der Waals surface area contributed by atoms with Gasteiger partial charge < -0.3 is 20.3 Å². The standard InChI is InChI=1S/C21H25N3O4S/c1-3-28-16-12-17(14-8-5-4-6-9-14)29-19(16)21(27)23-13-18(25)24-11-7-10-15(24)20(26)22-2/h4-6,8-9,12,15H,3,7,10-11,13H2,1-2H3,(H,22,26)(H,23,27). The van der Waals surface area contributed by atoms with Gasteiger partial charge in [-0.2, -0.15) is 0 Å². The molecule has 1 aromatic carbocycles. The van der Waals surface area contributed by atoms with Crippen LogP contribution in [0.3, 0.4) is 0 Å². The fraction of sp³-hybridized carbons (Fsp3) is 0.381. The molecule has 2 aromatic rings. The molecule has 0 saturated carbocycles. The van der Waals surface area contributed by atoms with Gasteiger partial charge in [0.15, 0.2) is 0 Å². The summed E-state index contributed by atoms with van der Waals surface area (Å²) in [6.45, 7) is 2.66. The highest BCUT2D eigenvalue weighted by atomic mass is 32.1. The summed E-state index contributed by atoms with van der Waals surface area (Å²) in [5.41, 5.74) is 0.999. The molecule has 0 aliphatic carbocycles. The van der Waals surface area contributed by atoms with Gasteiger partial charge in [-0.1, -0.05) is 30.3 Å². The number of likely N-dealkylation sites (tertiary alicyclic amines) is 1. The molecular weight excluding hydrogens is 390 g/mol. The van der Waals surface area contributed by atoms with Gasteiger partial charge in [0.05, 0.1) is 13.2 Å². The smallest absolute Gasteiger partial charge is 0.265 e. The molecule has 1 atom stereocenters. The van der Waals surface area contributed by atoms with E-state index in [0.29, 0.717) is 30.2 Å². The van der Waals surface area contributed by atoms with Crippen molar-refractivity contribution < 1.29 is 19.1 Å². The minimum Gasteiger partial charge on any atom is -0.492 e. The Hall–Kier alpha value is -2.87. The highest BCUT2D eigenvalue weighted by molar-refractivity contribution is 7.17. The number of carbonyl (C=O) groups is 3. The van der Waals surface area contributed by atoms with Crippen molar-refractivity contribution >= 4 is 29.1 Å². The van der Waals surface area contributed by atoms with E-state index in [1.807, 2.05) is 43.3 Å². The van der Waals surface area contributed by atoms with Gasteiger partial charge in [-0.05, 0) is 31.4 Å².